The second-order valence-electron chi connectivity index (χ2n) is 9.53. The van der Waals surface area contributed by atoms with Gasteiger partial charge < -0.3 is 14.8 Å². The van der Waals surface area contributed by atoms with Crippen LogP contribution >= 0.6 is 0 Å². The third kappa shape index (κ3) is 6.89. The Kier molecular flexibility index (Phi) is 8.21. The van der Waals surface area contributed by atoms with Crippen molar-refractivity contribution in [3.8, 4) is 0 Å². The fourth-order valence-electron chi connectivity index (χ4n) is 3.71. The van der Waals surface area contributed by atoms with Crippen molar-refractivity contribution in [3.05, 3.63) is 41.7 Å². The number of hydrogen-bond acceptors (Lipinski definition) is 8. The first-order chi connectivity index (χ1) is 17.5. The largest absolute Gasteiger partial charge is 0.516 e. The highest BCUT2D eigenvalue weighted by atomic mass is 32.2. The van der Waals surface area contributed by atoms with E-state index in [1.165, 1.54) is 31.3 Å². The fourth-order valence-corrected chi connectivity index (χ4v) is 5.36. The van der Waals surface area contributed by atoms with E-state index < -0.39 is 51.6 Å². The zero-order valence-corrected chi connectivity index (χ0v) is 21.9. The van der Waals surface area contributed by atoms with Gasteiger partial charge in [-0.05, 0) is 64.3 Å². The maximum Gasteiger partial charge on any atom is 0.516 e. The molecule has 0 saturated carbocycles. The van der Waals surface area contributed by atoms with Gasteiger partial charge in [-0.25, -0.2) is 18.0 Å². The van der Waals surface area contributed by atoms with Crippen LogP contribution in [-0.2, 0) is 37.5 Å². The molecule has 11 nitrogen and oxygen atoms in total. The number of nitrogens with one attached hydrogen (secondary N) is 1. The number of benzene rings is 1. The third-order valence-electron chi connectivity index (χ3n) is 5.42. The molecule has 1 N–H and O–H groups in total. The average molecular weight is 561 g/mol. The minimum Gasteiger partial charge on any atom is -0.428 e. The standard InChI is InChI=1S/C23H27F3N4O7S/c1-22(2,3)37-21(33)36-20(32)16-7-5-6-12-30(16)38(34,35)15-10-8-14(9-11-15)27-19(31)17-13-18(23(24,25)26)28-29(17)4/h8-11,13,16H,5-7,12H2,1-4H3,(H,27,31). The first kappa shape index (κ1) is 29.1. The summed E-state index contributed by atoms with van der Waals surface area (Å²) in [5, 5.41) is 5.67. The van der Waals surface area contributed by atoms with Crippen molar-refractivity contribution in [2.75, 3.05) is 11.9 Å². The van der Waals surface area contributed by atoms with Crippen molar-refractivity contribution in [1.82, 2.24) is 14.1 Å². The van der Waals surface area contributed by atoms with Gasteiger partial charge >= 0.3 is 18.3 Å². The Morgan fingerprint density at radius 2 is 1.71 bits per heavy atom. The predicted molar refractivity (Wildman–Crippen MR) is 126 cm³/mol. The average Bonchev–Trinajstić information content (AvgIpc) is 3.20. The molecule has 1 aromatic carbocycles. The number of amides is 1. The third-order valence-corrected chi connectivity index (χ3v) is 7.34. The van der Waals surface area contributed by atoms with Crippen LogP contribution in [0.15, 0.2) is 35.2 Å². The van der Waals surface area contributed by atoms with Crippen molar-refractivity contribution in [2.24, 2.45) is 7.05 Å². The number of hydrogen-bond donors (Lipinski definition) is 1. The summed E-state index contributed by atoms with van der Waals surface area (Å²) in [5.74, 6) is -1.94. The number of aryl methyl sites for hydroxylation is 1. The van der Waals surface area contributed by atoms with Gasteiger partial charge in [-0.1, -0.05) is 0 Å². The van der Waals surface area contributed by atoms with Gasteiger partial charge in [0.2, 0.25) is 10.0 Å². The number of halogens is 3. The van der Waals surface area contributed by atoms with Gasteiger partial charge in [-0.2, -0.15) is 22.6 Å². The lowest BCUT2D eigenvalue weighted by molar-refractivity contribution is -0.147. The van der Waals surface area contributed by atoms with E-state index in [-0.39, 0.29) is 29.2 Å². The van der Waals surface area contributed by atoms with Crippen LogP contribution in [-0.4, -0.2) is 58.7 Å². The topological polar surface area (TPSA) is 137 Å². The number of sulfonamides is 1. The van der Waals surface area contributed by atoms with Crippen molar-refractivity contribution in [1.29, 1.82) is 0 Å². The molecular weight excluding hydrogens is 533 g/mol. The molecule has 15 heteroatoms. The van der Waals surface area contributed by atoms with Gasteiger partial charge in [0.25, 0.3) is 5.91 Å². The summed E-state index contributed by atoms with van der Waals surface area (Å²) < 4.78 is 76.6. The van der Waals surface area contributed by atoms with Crippen LogP contribution in [0.1, 0.15) is 56.2 Å². The molecule has 3 rings (SSSR count). The van der Waals surface area contributed by atoms with E-state index >= 15 is 0 Å². The molecule has 1 unspecified atom stereocenters. The van der Waals surface area contributed by atoms with Crippen LogP contribution < -0.4 is 5.32 Å². The Bertz CT molecular complexity index is 1320. The summed E-state index contributed by atoms with van der Waals surface area (Å²) in [6, 6.07) is 4.22. The molecule has 208 valence electrons. The van der Waals surface area contributed by atoms with Crippen molar-refractivity contribution in [2.45, 2.75) is 62.7 Å². The van der Waals surface area contributed by atoms with Crippen LogP contribution in [0.5, 0.6) is 0 Å². The molecule has 38 heavy (non-hydrogen) atoms. The zero-order chi connectivity index (χ0) is 28.5. The second-order valence-corrected chi connectivity index (χ2v) is 11.4. The highest BCUT2D eigenvalue weighted by Crippen LogP contribution is 2.29. The molecule has 1 aliphatic rings. The summed E-state index contributed by atoms with van der Waals surface area (Å²) in [7, 11) is -3.03. The maximum atomic E-state index is 13.3. The van der Waals surface area contributed by atoms with E-state index in [4.69, 9.17) is 9.47 Å². The Morgan fingerprint density at radius 1 is 1.08 bits per heavy atom. The van der Waals surface area contributed by atoms with E-state index in [0.29, 0.717) is 18.9 Å². The van der Waals surface area contributed by atoms with Crippen LogP contribution in [0.2, 0.25) is 0 Å². The molecule has 1 amide bonds. The number of nitrogens with zero attached hydrogens (tertiary/aromatic N) is 3. The smallest absolute Gasteiger partial charge is 0.428 e. The van der Waals surface area contributed by atoms with E-state index in [1.807, 2.05) is 0 Å². The molecule has 1 saturated heterocycles. The van der Waals surface area contributed by atoms with E-state index in [0.717, 1.165) is 8.99 Å². The first-order valence-electron chi connectivity index (χ1n) is 11.5. The van der Waals surface area contributed by atoms with Gasteiger partial charge in [0.1, 0.15) is 17.3 Å². The van der Waals surface area contributed by atoms with Crippen LogP contribution in [0.25, 0.3) is 0 Å². The molecule has 1 atom stereocenters. The SMILES string of the molecule is Cn1nc(C(F)(F)F)cc1C(=O)Nc1ccc(S(=O)(=O)N2CCCCC2C(=O)OC(=O)OC(C)(C)C)cc1. The minimum absolute atomic E-state index is 0.0108. The lowest BCUT2D eigenvalue weighted by Gasteiger charge is -2.32. The van der Waals surface area contributed by atoms with Crippen LogP contribution in [0, 0.1) is 0 Å². The minimum atomic E-state index is -4.72. The number of anilines is 1. The molecule has 1 aliphatic heterocycles. The zero-order valence-electron chi connectivity index (χ0n) is 21.0. The quantitative estimate of drug-likeness (QED) is 0.432. The van der Waals surface area contributed by atoms with Gasteiger partial charge in [0.05, 0.1) is 4.90 Å². The number of carbonyl (C=O) groups is 3. The fraction of sp³-hybridized carbons (Fsp3) is 0.478. The molecule has 1 fully saturated rings. The Morgan fingerprint density at radius 3 is 2.26 bits per heavy atom. The number of alkyl halides is 3. The number of aromatic nitrogens is 2. The maximum absolute atomic E-state index is 13.3. The van der Waals surface area contributed by atoms with E-state index in [1.54, 1.807) is 20.8 Å². The predicted octanol–water partition coefficient (Wildman–Crippen LogP) is 3.71. The van der Waals surface area contributed by atoms with Crippen LogP contribution in [0.4, 0.5) is 23.7 Å². The second kappa shape index (κ2) is 10.7. The number of rotatable bonds is 5. The molecule has 2 aromatic rings. The summed E-state index contributed by atoms with van der Waals surface area (Å²) in [4.78, 5) is 36.8. The lowest BCUT2D eigenvalue weighted by Crippen LogP contribution is -2.49. The number of ether oxygens (including phenoxy) is 2. The molecule has 0 bridgehead atoms. The monoisotopic (exact) mass is 560 g/mol. The Labute approximate surface area is 216 Å². The molecule has 0 spiro atoms. The highest BCUT2D eigenvalue weighted by Gasteiger charge is 2.40. The van der Waals surface area contributed by atoms with Gasteiger partial charge in [-0.15, -0.1) is 0 Å². The molecule has 2 heterocycles. The van der Waals surface area contributed by atoms with Gasteiger partial charge in [0.15, 0.2) is 5.69 Å². The van der Waals surface area contributed by atoms with Gasteiger partial charge in [-0.3, -0.25) is 9.48 Å². The summed E-state index contributed by atoms with van der Waals surface area (Å²) >= 11 is 0. The molecule has 1 aromatic heterocycles. The number of carbonyl (C=O) groups excluding carboxylic acids is 3. The van der Waals surface area contributed by atoms with Gasteiger partial charge in [0, 0.05) is 25.3 Å². The summed E-state index contributed by atoms with van der Waals surface area (Å²) in [6.07, 6.45) is -4.80. The molecule has 0 radical (unpaired) electrons. The Balaban J connectivity index is 1.74. The van der Waals surface area contributed by atoms with Crippen LogP contribution in [0.3, 0.4) is 0 Å². The first-order valence-corrected chi connectivity index (χ1v) is 12.9. The number of piperidine rings is 1. The van der Waals surface area contributed by atoms with E-state index in [9.17, 15) is 36.0 Å². The van der Waals surface area contributed by atoms with E-state index in [2.05, 4.69) is 10.4 Å². The molecular formula is C23H27F3N4O7S. The van der Waals surface area contributed by atoms with Crippen molar-refractivity contribution < 1.29 is 45.4 Å². The lowest BCUT2D eigenvalue weighted by atomic mass is 10.1. The number of esters is 1. The van der Waals surface area contributed by atoms with Crippen molar-refractivity contribution in [3.63, 3.8) is 0 Å². The summed E-state index contributed by atoms with van der Waals surface area (Å²) in [5.41, 5.74) is -2.38. The van der Waals surface area contributed by atoms with Crippen molar-refractivity contribution >= 4 is 33.7 Å². The molecule has 0 aliphatic carbocycles. The Hall–Kier alpha value is -3.46. The summed E-state index contributed by atoms with van der Waals surface area (Å²) in [6.45, 7) is 4.76. The highest BCUT2D eigenvalue weighted by molar-refractivity contribution is 7.89. The normalized spacial score (nSPS) is 17.1.